The molecule has 1 aliphatic heterocycles. The van der Waals surface area contributed by atoms with Crippen LogP contribution in [0.4, 0.5) is 0 Å². The molecule has 0 atom stereocenters. The molecule has 0 radical (unpaired) electrons. The standard InChI is InChI=1S/C22H23N5O3S/c1-30-16-4-2-3-14(9-16)10-27-19-7-8-26(22(29)18-12-31-13-23-18)11-17(19)20(25-27)21(28)24-15-5-6-15/h2-4,9,12-13,15H,5-8,10-11H2,1H3,(H,24,28). The molecule has 5 rings (SSSR count). The van der Waals surface area contributed by atoms with Crippen molar-refractivity contribution in [2.24, 2.45) is 0 Å². The highest BCUT2D eigenvalue weighted by Crippen LogP contribution is 2.27. The number of aromatic nitrogens is 3. The van der Waals surface area contributed by atoms with Gasteiger partial charge in [-0.3, -0.25) is 14.3 Å². The van der Waals surface area contributed by atoms with Crippen LogP contribution >= 0.6 is 11.3 Å². The van der Waals surface area contributed by atoms with Gasteiger partial charge in [0.05, 0.1) is 25.7 Å². The second kappa shape index (κ2) is 8.14. The lowest BCUT2D eigenvalue weighted by atomic mass is 10.0. The quantitative estimate of drug-likeness (QED) is 0.640. The molecule has 160 valence electrons. The average Bonchev–Trinajstić information content (AvgIpc) is 3.30. The number of nitrogens with zero attached hydrogens (tertiary/aromatic N) is 4. The Labute approximate surface area is 183 Å². The predicted octanol–water partition coefficient (Wildman–Crippen LogP) is 2.49. The van der Waals surface area contributed by atoms with Gasteiger partial charge in [0.15, 0.2) is 5.69 Å². The molecule has 3 aromatic rings. The van der Waals surface area contributed by atoms with Gasteiger partial charge < -0.3 is 15.0 Å². The molecule has 8 nitrogen and oxygen atoms in total. The van der Waals surface area contributed by atoms with Crippen molar-refractivity contribution in [2.45, 2.75) is 38.4 Å². The van der Waals surface area contributed by atoms with Crippen LogP contribution in [-0.4, -0.2) is 51.2 Å². The first kappa shape index (κ1) is 19.7. The van der Waals surface area contributed by atoms with E-state index in [0.717, 1.165) is 35.4 Å². The Bertz CT molecular complexity index is 1120. The average molecular weight is 438 g/mol. The third kappa shape index (κ3) is 4.05. The number of ether oxygens (including phenoxy) is 1. The maximum atomic E-state index is 12.9. The van der Waals surface area contributed by atoms with Crippen LogP contribution in [0.5, 0.6) is 5.75 Å². The molecule has 2 aliphatic rings. The van der Waals surface area contributed by atoms with Gasteiger partial charge in [-0.1, -0.05) is 12.1 Å². The molecule has 1 aromatic carbocycles. The van der Waals surface area contributed by atoms with Crippen molar-refractivity contribution in [3.05, 3.63) is 63.4 Å². The SMILES string of the molecule is COc1cccc(Cn2nc(C(=O)NC3CC3)c3c2CCN(C(=O)c2cscn2)C3)c1. The fraction of sp³-hybridized carbons (Fsp3) is 0.364. The predicted molar refractivity (Wildman–Crippen MR) is 115 cm³/mol. The minimum Gasteiger partial charge on any atom is -0.497 e. The van der Waals surface area contributed by atoms with Crippen LogP contribution in [0.15, 0.2) is 35.2 Å². The molecule has 0 bridgehead atoms. The van der Waals surface area contributed by atoms with Crippen LogP contribution in [0.3, 0.4) is 0 Å². The molecule has 0 spiro atoms. The van der Waals surface area contributed by atoms with Gasteiger partial charge in [0.2, 0.25) is 0 Å². The second-order valence-electron chi connectivity index (χ2n) is 7.88. The van der Waals surface area contributed by atoms with E-state index in [0.29, 0.717) is 37.4 Å². The number of hydrogen-bond acceptors (Lipinski definition) is 6. The number of amides is 2. The molecule has 1 saturated carbocycles. The number of hydrogen-bond donors (Lipinski definition) is 1. The zero-order chi connectivity index (χ0) is 21.4. The van der Waals surface area contributed by atoms with Gasteiger partial charge in [-0.05, 0) is 30.5 Å². The van der Waals surface area contributed by atoms with Gasteiger partial charge in [0.1, 0.15) is 11.4 Å². The first-order chi connectivity index (χ1) is 15.1. The number of thiazole rings is 1. The third-order valence-corrected chi connectivity index (χ3v) is 6.25. The molecule has 0 saturated heterocycles. The zero-order valence-electron chi connectivity index (χ0n) is 17.2. The lowest BCUT2D eigenvalue weighted by Crippen LogP contribution is -2.37. The van der Waals surface area contributed by atoms with Crippen molar-refractivity contribution < 1.29 is 14.3 Å². The van der Waals surface area contributed by atoms with Gasteiger partial charge in [-0.25, -0.2) is 4.98 Å². The second-order valence-corrected chi connectivity index (χ2v) is 8.60. The van der Waals surface area contributed by atoms with E-state index in [1.54, 1.807) is 22.9 Å². The lowest BCUT2D eigenvalue weighted by Gasteiger charge is -2.27. The van der Waals surface area contributed by atoms with Crippen LogP contribution in [0, 0.1) is 0 Å². The smallest absolute Gasteiger partial charge is 0.273 e. The number of nitrogens with one attached hydrogen (secondary N) is 1. The summed E-state index contributed by atoms with van der Waals surface area (Å²) in [5.41, 5.74) is 5.40. The Morgan fingerprint density at radius 2 is 2.19 bits per heavy atom. The molecule has 1 N–H and O–H groups in total. The van der Waals surface area contributed by atoms with E-state index in [9.17, 15) is 9.59 Å². The largest absolute Gasteiger partial charge is 0.497 e. The highest BCUT2D eigenvalue weighted by atomic mass is 32.1. The first-order valence-corrected chi connectivity index (χ1v) is 11.3. The minimum atomic E-state index is -0.161. The van der Waals surface area contributed by atoms with Crippen molar-refractivity contribution in [3.63, 3.8) is 0 Å². The Kier molecular flexibility index (Phi) is 5.19. The number of benzene rings is 1. The summed E-state index contributed by atoms with van der Waals surface area (Å²) < 4.78 is 7.23. The van der Waals surface area contributed by atoms with E-state index in [4.69, 9.17) is 9.84 Å². The molecule has 9 heteroatoms. The van der Waals surface area contributed by atoms with Crippen molar-refractivity contribution in [2.75, 3.05) is 13.7 Å². The van der Waals surface area contributed by atoms with Gasteiger partial charge in [-0.15, -0.1) is 11.3 Å². The molecule has 31 heavy (non-hydrogen) atoms. The summed E-state index contributed by atoms with van der Waals surface area (Å²) >= 11 is 1.40. The third-order valence-electron chi connectivity index (χ3n) is 5.67. The number of carbonyl (C=O) groups excluding carboxylic acids is 2. The highest BCUT2D eigenvalue weighted by molar-refractivity contribution is 7.07. The fourth-order valence-electron chi connectivity index (χ4n) is 3.88. The molecule has 0 unspecified atom stereocenters. The molecular formula is C22H23N5O3S. The zero-order valence-corrected chi connectivity index (χ0v) is 18.0. The molecular weight excluding hydrogens is 414 g/mol. The van der Waals surface area contributed by atoms with E-state index in [1.807, 2.05) is 28.9 Å². The van der Waals surface area contributed by atoms with Crippen molar-refractivity contribution in [3.8, 4) is 5.75 Å². The van der Waals surface area contributed by atoms with Gasteiger partial charge in [-0.2, -0.15) is 5.10 Å². The van der Waals surface area contributed by atoms with Gasteiger partial charge >= 0.3 is 0 Å². The molecule has 3 heterocycles. The number of methoxy groups -OCH3 is 1. The maximum Gasteiger partial charge on any atom is 0.273 e. The summed E-state index contributed by atoms with van der Waals surface area (Å²) in [6.07, 6.45) is 2.65. The number of rotatable bonds is 6. The van der Waals surface area contributed by atoms with Crippen molar-refractivity contribution in [1.29, 1.82) is 0 Å². The topological polar surface area (TPSA) is 89.4 Å². The number of fused-ring (bicyclic) bond motifs is 1. The Morgan fingerprint density at radius 1 is 1.32 bits per heavy atom. The molecule has 1 aliphatic carbocycles. The molecule has 2 aromatic heterocycles. The van der Waals surface area contributed by atoms with Crippen LogP contribution < -0.4 is 10.1 Å². The summed E-state index contributed by atoms with van der Waals surface area (Å²) in [5.74, 6) is 0.511. The summed E-state index contributed by atoms with van der Waals surface area (Å²) in [6.45, 7) is 1.46. The van der Waals surface area contributed by atoms with Crippen LogP contribution in [0.1, 0.15) is 50.6 Å². The Balaban J connectivity index is 1.46. The Morgan fingerprint density at radius 3 is 2.94 bits per heavy atom. The molecule has 2 amide bonds. The lowest BCUT2D eigenvalue weighted by molar-refractivity contribution is 0.0725. The normalized spacial score (nSPS) is 15.5. The summed E-state index contributed by atoms with van der Waals surface area (Å²) in [5, 5.41) is 9.49. The van der Waals surface area contributed by atoms with Gasteiger partial charge in [0, 0.05) is 35.6 Å². The fourth-order valence-corrected chi connectivity index (χ4v) is 4.41. The summed E-state index contributed by atoms with van der Waals surface area (Å²) in [6, 6.07) is 8.07. The van der Waals surface area contributed by atoms with E-state index in [1.165, 1.54) is 11.3 Å². The van der Waals surface area contributed by atoms with Crippen molar-refractivity contribution >= 4 is 23.2 Å². The Hall–Kier alpha value is -3.20. The maximum absolute atomic E-state index is 12.9. The van der Waals surface area contributed by atoms with Crippen LogP contribution in [0.25, 0.3) is 0 Å². The monoisotopic (exact) mass is 437 g/mol. The van der Waals surface area contributed by atoms with Crippen molar-refractivity contribution in [1.82, 2.24) is 25.0 Å². The summed E-state index contributed by atoms with van der Waals surface area (Å²) in [4.78, 5) is 31.7. The van der Waals surface area contributed by atoms with Crippen LogP contribution in [0.2, 0.25) is 0 Å². The minimum absolute atomic E-state index is 0.110. The highest BCUT2D eigenvalue weighted by Gasteiger charge is 2.33. The van der Waals surface area contributed by atoms with Gasteiger partial charge in [0.25, 0.3) is 11.8 Å². The van der Waals surface area contributed by atoms with E-state index in [2.05, 4.69) is 10.3 Å². The van der Waals surface area contributed by atoms with E-state index < -0.39 is 0 Å². The summed E-state index contributed by atoms with van der Waals surface area (Å²) in [7, 11) is 1.64. The number of carbonyl (C=O) groups is 2. The molecule has 1 fully saturated rings. The van der Waals surface area contributed by atoms with E-state index >= 15 is 0 Å². The van der Waals surface area contributed by atoms with Crippen LogP contribution in [-0.2, 0) is 19.5 Å². The first-order valence-electron chi connectivity index (χ1n) is 10.3. The van der Waals surface area contributed by atoms with E-state index in [-0.39, 0.29) is 17.9 Å².